The topological polar surface area (TPSA) is 36.3 Å². The smallest absolute Gasteiger partial charge is 0.0991 e. The van der Waals surface area contributed by atoms with Crippen molar-refractivity contribution < 1.29 is 4.74 Å². The number of ether oxygens (including phenoxy) is 1. The second-order valence-electron chi connectivity index (χ2n) is 5.33. The molecular formula is C16H22N2O. The van der Waals surface area contributed by atoms with Crippen LogP contribution < -0.4 is 0 Å². The van der Waals surface area contributed by atoms with Crippen LogP contribution in [0, 0.1) is 11.3 Å². The molecule has 1 heterocycles. The molecule has 0 N–H and O–H groups in total. The number of benzene rings is 1. The van der Waals surface area contributed by atoms with E-state index in [-0.39, 0.29) is 0 Å². The van der Waals surface area contributed by atoms with Crippen molar-refractivity contribution in [1.29, 1.82) is 5.26 Å². The lowest BCUT2D eigenvalue weighted by molar-refractivity contribution is 0.0995. The maximum absolute atomic E-state index is 8.88. The predicted octanol–water partition coefficient (Wildman–Crippen LogP) is 2.95. The van der Waals surface area contributed by atoms with Gasteiger partial charge in [-0.25, -0.2) is 0 Å². The molecule has 1 saturated heterocycles. The Morgan fingerprint density at radius 2 is 2.37 bits per heavy atom. The zero-order valence-corrected chi connectivity index (χ0v) is 11.6. The summed E-state index contributed by atoms with van der Waals surface area (Å²) >= 11 is 0. The van der Waals surface area contributed by atoms with Crippen LogP contribution in [0.4, 0.5) is 0 Å². The highest BCUT2D eigenvalue weighted by Crippen LogP contribution is 2.17. The van der Waals surface area contributed by atoms with Gasteiger partial charge in [-0.2, -0.15) is 5.26 Å². The third-order valence-corrected chi connectivity index (χ3v) is 3.60. The Kier molecular flexibility index (Phi) is 5.38. The molecule has 19 heavy (non-hydrogen) atoms. The molecule has 102 valence electrons. The van der Waals surface area contributed by atoms with Gasteiger partial charge < -0.3 is 9.64 Å². The molecular weight excluding hydrogens is 236 g/mol. The van der Waals surface area contributed by atoms with E-state index in [0.29, 0.717) is 6.10 Å². The number of hydrogen-bond acceptors (Lipinski definition) is 3. The summed E-state index contributed by atoms with van der Waals surface area (Å²) in [5.41, 5.74) is 1.95. The minimum absolute atomic E-state index is 0.496. The zero-order chi connectivity index (χ0) is 13.5. The standard InChI is InChI=1S/C16H22N2O/c1-18(9-3-7-16-8-4-10-19-16)13-15-6-2-5-14(11-15)12-17/h2,5-6,11,16H,3-4,7-10,13H2,1H3. The van der Waals surface area contributed by atoms with Crippen LogP contribution in [0.1, 0.15) is 36.8 Å². The predicted molar refractivity (Wildman–Crippen MR) is 75.7 cm³/mol. The summed E-state index contributed by atoms with van der Waals surface area (Å²) in [6.45, 7) is 2.93. The molecule has 1 aromatic carbocycles. The second kappa shape index (κ2) is 7.28. The summed E-state index contributed by atoms with van der Waals surface area (Å²) in [5.74, 6) is 0. The van der Waals surface area contributed by atoms with Gasteiger partial charge in [0, 0.05) is 13.2 Å². The van der Waals surface area contributed by atoms with E-state index in [2.05, 4.69) is 24.1 Å². The van der Waals surface area contributed by atoms with E-state index in [1.807, 2.05) is 18.2 Å². The van der Waals surface area contributed by atoms with Crippen molar-refractivity contribution in [1.82, 2.24) is 4.90 Å². The minimum Gasteiger partial charge on any atom is -0.378 e. The quantitative estimate of drug-likeness (QED) is 0.787. The highest BCUT2D eigenvalue weighted by Gasteiger charge is 2.14. The van der Waals surface area contributed by atoms with Gasteiger partial charge in [-0.3, -0.25) is 0 Å². The molecule has 0 bridgehead atoms. The fraction of sp³-hybridized carbons (Fsp3) is 0.562. The van der Waals surface area contributed by atoms with Crippen LogP contribution in [0.2, 0.25) is 0 Å². The van der Waals surface area contributed by atoms with Crippen molar-refractivity contribution in [2.75, 3.05) is 20.2 Å². The fourth-order valence-corrected chi connectivity index (χ4v) is 2.59. The minimum atomic E-state index is 0.496. The summed E-state index contributed by atoms with van der Waals surface area (Å²) in [7, 11) is 2.13. The SMILES string of the molecule is CN(CCCC1CCCO1)Cc1cccc(C#N)c1. The van der Waals surface area contributed by atoms with Gasteiger partial charge in [-0.05, 0) is 57.0 Å². The molecule has 3 nitrogen and oxygen atoms in total. The van der Waals surface area contributed by atoms with E-state index in [9.17, 15) is 0 Å². The van der Waals surface area contributed by atoms with Gasteiger partial charge in [-0.1, -0.05) is 12.1 Å². The van der Waals surface area contributed by atoms with Gasteiger partial charge in [-0.15, -0.1) is 0 Å². The van der Waals surface area contributed by atoms with Gasteiger partial charge in [0.1, 0.15) is 0 Å². The Morgan fingerprint density at radius 3 is 3.11 bits per heavy atom. The summed E-state index contributed by atoms with van der Waals surface area (Å²) in [5, 5.41) is 8.88. The normalized spacial score (nSPS) is 18.7. The van der Waals surface area contributed by atoms with E-state index >= 15 is 0 Å². The van der Waals surface area contributed by atoms with Crippen LogP contribution >= 0.6 is 0 Å². The number of nitrogens with zero attached hydrogens (tertiary/aromatic N) is 2. The zero-order valence-electron chi connectivity index (χ0n) is 11.6. The average Bonchev–Trinajstić information content (AvgIpc) is 2.92. The maximum atomic E-state index is 8.88. The highest BCUT2D eigenvalue weighted by molar-refractivity contribution is 5.32. The number of nitriles is 1. The molecule has 0 amide bonds. The van der Waals surface area contributed by atoms with E-state index in [4.69, 9.17) is 10.00 Å². The van der Waals surface area contributed by atoms with Gasteiger partial charge in [0.25, 0.3) is 0 Å². The fourth-order valence-electron chi connectivity index (χ4n) is 2.59. The molecule has 1 aromatic rings. The first-order valence-corrected chi connectivity index (χ1v) is 7.07. The number of hydrogen-bond donors (Lipinski definition) is 0. The molecule has 1 atom stereocenters. The molecule has 2 rings (SSSR count). The lowest BCUT2D eigenvalue weighted by atomic mass is 10.1. The third-order valence-electron chi connectivity index (χ3n) is 3.60. The first-order chi connectivity index (χ1) is 9.28. The molecule has 0 radical (unpaired) electrons. The summed E-state index contributed by atoms with van der Waals surface area (Å²) in [4.78, 5) is 2.31. The van der Waals surface area contributed by atoms with Crippen molar-refractivity contribution in [3.63, 3.8) is 0 Å². The average molecular weight is 258 g/mol. The molecule has 1 aliphatic heterocycles. The Balaban J connectivity index is 1.71. The lowest BCUT2D eigenvalue weighted by Crippen LogP contribution is -2.20. The first kappa shape index (κ1) is 14.0. The molecule has 3 heteroatoms. The highest BCUT2D eigenvalue weighted by atomic mass is 16.5. The Morgan fingerprint density at radius 1 is 1.47 bits per heavy atom. The molecule has 0 spiro atoms. The van der Waals surface area contributed by atoms with Crippen LogP contribution in [0.3, 0.4) is 0 Å². The maximum Gasteiger partial charge on any atom is 0.0991 e. The van der Waals surface area contributed by atoms with Crippen molar-refractivity contribution in [3.8, 4) is 6.07 Å². The summed E-state index contributed by atoms with van der Waals surface area (Å²) in [6.07, 6.45) is 5.30. The summed E-state index contributed by atoms with van der Waals surface area (Å²) < 4.78 is 5.63. The van der Waals surface area contributed by atoms with E-state index in [1.54, 1.807) is 0 Å². The van der Waals surface area contributed by atoms with Gasteiger partial charge in [0.05, 0.1) is 17.7 Å². The lowest BCUT2D eigenvalue weighted by Gasteiger charge is -2.18. The van der Waals surface area contributed by atoms with Gasteiger partial charge in [0.2, 0.25) is 0 Å². The van der Waals surface area contributed by atoms with Crippen molar-refractivity contribution in [3.05, 3.63) is 35.4 Å². The van der Waals surface area contributed by atoms with Crippen molar-refractivity contribution >= 4 is 0 Å². The van der Waals surface area contributed by atoms with Crippen molar-refractivity contribution in [2.24, 2.45) is 0 Å². The second-order valence-corrected chi connectivity index (χ2v) is 5.33. The van der Waals surface area contributed by atoms with Crippen LogP contribution in [0.25, 0.3) is 0 Å². The van der Waals surface area contributed by atoms with E-state index in [0.717, 1.165) is 25.3 Å². The molecule has 1 aliphatic rings. The molecule has 0 saturated carbocycles. The third kappa shape index (κ3) is 4.66. The van der Waals surface area contributed by atoms with Gasteiger partial charge >= 0.3 is 0 Å². The van der Waals surface area contributed by atoms with Crippen LogP contribution in [-0.4, -0.2) is 31.2 Å². The van der Waals surface area contributed by atoms with Crippen molar-refractivity contribution in [2.45, 2.75) is 38.3 Å². The van der Waals surface area contributed by atoms with Crippen LogP contribution in [0.5, 0.6) is 0 Å². The molecule has 0 aliphatic carbocycles. The largest absolute Gasteiger partial charge is 0.378 e. The van der Waals surface area contributed by atoms with E-state index < -0.39 is 0 Å². The number of rotatable bonds is 6. The van der Waals surface area contributed by atoms with Crippen LogP contribution in [0.15, 0.2) is 24.3 Å². The first-order valence-electron chi connectivity index (χ1n) is 7.07. The summed E-state index contributed by atoms with van der Waals surface area (Å²) in [6, 6.07) is 10.0. The Hall–Kier alpha value is -1.37. The van der Waals surface area contributed by atoms with E-state index in [1.165, 1.54) is 31.2 Å². The molecule has 0 aromatic heterocycles. The Bertz CT molecular complexity index is 433. The monoisotopic (exact) mass is 258 g/mol. The molecule has 1 unspecified atom stereocenters. The van der Waals surface area contributed by atoms with Gasteiger partial charge in [0.15, 0.2) is 0 Å². The van der Waals surface area contributed by atoms with Crippen LogP contribution in [-0.2, 0) is 11.3 Å². The Labute approximate surface area is 115 Å². The molecule has 1 fully saturated rings.